The van der Waals surface area contributed by atoms with E-state index in [0.29, 0.717) is 19.0 Å². The van der Waals surface area contributed by atoms with Crippen LogP contribution in [0.2, 0.25) is 0 Å². The lowest BCUT2D eigenvalue weighted by Gasteiger charge is -2.30. The zero-order chi connectivity index (χ0) is 17.4. The second kappa shape index (κ2) is 6.02. The molecule has 0 spiro atoms. The molecule has 1 aliphatic rings. The average molecular weight is 348 g/mol. The summed E-state index contributed by atoms with van der Waals surface area (Å²) in [6, 6.07) is 8.45. The normalized spacial score (nSPS) is 16.5. The maximum Gasteiger partial charge on any atom is 0.433 e. The molecule has 3 heterocycles. The predicted molar refractivity (Wildman–Crippen MR) is 85.2 cm³/mol. The number of oxazole rings is 1. The summed E-state index contributed by atoms with van der Waals surface area (Å²) >= 11 is 0. The van der Waals surface area contributed by atoms with Crippen LogP contribution >= 0.6 is 0 Å². The largest absolute Gasteiger partial charge is 0.440 e. The number of piperidine rings is 1. The third-order valence-corrected chi connectivity index (χ3v) is 4.37. The van der Waals surface area contributed by atoms with Gasteiger partial charge in [-0.3, -0.25) is 0 Å². The maximum absolute atomic E-state index is 12.8. The van der Waals surface area contributed by atoms with Gasteiger partial charge in [0.25, 0.3) is 0 Å². The number of rotatable bonds is 2. The Morgan fingerprint density at radius 3 is 2.52 bits per heavy atom. The van der Waals surface area contributed by atoms with E-state index in [1.807, 2.05) is 24.3 Å². The zero-order valence-corrected chi connectivity index (χ0v) is 13.2. The molecule has 1 saturated heterocycles. The number of fused-ring (bicyclic) bond motifs is 1. The van der Waals surface area contributed by atoms with Crippen molar-refractivity contribution in [3.8, 4) is 0 Å². The Morgan fingerprint density at radius 1 is 1.04 bits per heavy atom. The summed E-state index contributed by atoms with van der Waals surface area (Å²) < 4.78 is 44.2. The van der Waals surface area contributed by atoms with E-state index in [1.165, 1.54) is 0 Å². The molecule has 0 radical (unpaired) electrons. The number of hydrogen-bond acceptors (Lipinski definition) is 5. The number of benzene rings is 1. The van der Waals surface area contributed by atoms with Crippen LogP contribution in [0.25, 0.3) is 11.1 Å². The zero-order valence-electron chi connectivity index (χ0n) is 13.2. The number of anilines is 1. The molecule has 1 aromatic carbocycles. The van der Waals surface area contributed by atoms with Gasteiger partial charge in [0, 0.05) is 25.2 Å². The molecule has 0 bridgehead atoms. The lowest BCUT2D eigenvalue weighted by atomic mass is 9.97. The van der Waals surface area contributed by atoms with Crippen LogP contribution in [0, 0.1) is 0 Å². The molecule has 2 aromatic heterocycles. The van der Waals surface area contributed by atoms with Crippen molar-refractivity contribution in [3.63, 3.8) is 0 Å². The van der Waals surface area contributed by atoms with Gasteiger partial charge in [-0.05, 0) is 31.0 Å². The van der Waals surface area contributed by atoms with Crippen molar-refractivity contribution in [2.45, 2.75) is 24.9 Å². The van der Waals surface area contributed by atoms with Crippen LogP contribution in [-0.2, 0) is 6.18 Å². The molecular formula is C17H15F3N4O. The SMILES string of the molecule is FC(F)(F)c1ccnc(N2CCC(c3nc4ccccc4o3)CC2)n1. The first-order valence-electron chi connectivity index (χ1n) is 8.01. The fourth-order valence-electron chi connectivity index (χ4n) is 3.05. The number of alkyl halides is 3. The van der Waals surface area contributed by atoms with Gasteiger partial charge in [0.2, 0.25) is 5.95 Å². The lowest BCUT2D eigenvalue weighted by molar-refractivity contribution is -0.141. The lowest BCUT2D eigenvalue weighted by Crippen LogP contribution is -2.34. The quantitative estimate of drug-likeness (QED) is 0.700. The van der Waals surface area contributed by atoms with E-state index in [4.69, 9.17) is 4.42 Å². The van der Waals surface area contributed by atoms with Gasteiger partial charge in [0.1, 0.15) is 11.2 Å². The van der Waals surface area contributed by atoms with Crippen LogP contribution in [-0.4, -0.2) is 28.0 Å². The Hall–Kier alpha value is -2.64. The average Bonchev–Trinajstić information content (AvgIpc) is 3.05. The number of aromatic nitrogens is 3. The molecule has 1 aliphatic heterocycles. The van der Waals surface area contributed by atoms with Crippen molar-refractivity contribution in [2.75, 3.05) is 18.0 Å². The monoisotopic (exact) mass is 348 g/mol. The smallest absolute Gasteiger partial charge is 0.433 e. The number of hydrogen-bond donors (Lipinski definition) is 0. The van der Waals surface area contributed by atoms with E-state index in [9.17, 15) is 13.2 Å². The van der Waals surface area contributed by atoms with E-state index in [-0.39, 0.29) is 11.9 Å². The Labute approximate surface area is 141 Å². The highest BCUT2D eigenvalue weighted by Gasteiger charge is 2.34. The van der Waals surface area contributed by atoms with Crippen LogP contribution in [0.1, 0.15) is 30.3 Å². The van der Waals surface area contributed by atoms with E-state index in [0.717, 1.165) is 36.2 Å². The number of halogens is 3. The first-order chi connectivity index (χ1) is 12.0. The van der Waals surface area contributed by atoms with Gasteiger partial charge in [-0.25, -0.2) is 15.0 Å². The van der Waals surface area contributed by atoms with Gasteiger partial charge in [0.05, 0.1) is 0 Å². The van der Waals surface area contributed by atoms with E-state index in [1.54, 1.807) is 4.90 Å². The van der Waals surface area contributed by atoms with Gasteiger partial charge in [0.15, 0.2) is 11.5 Å². The molecule has 0 atom stereocenters. The molecule has 0 unspecified atom stereocenters. The topological polar surface area (TPSA) is 55.1 Å². The van der Waals surface area contributed by atoms with Gasteiger partial charge in [-0.1, -0.05) is 12.1 Å². The van der Waals surface area contributed by atoms with Crippen LogP contribution in [0.4, 0.5) is 19.1 Å². The Morgan fingerprint density at radius 2 is 1.80 bits per heavy atom. The molecule has 0 amide bonds. The summed E-state index contributed by atoms with van der Waals surface area (Å²) in [4.78, 5) is 13.9. The summed E-state index contributed by atoms with van der Waals surface area (Å²) in [5, 5.41) is 0. The summed E-state index contributed by atoms with van der Waals surface area (Å²) in [6.45, 7) is 1.12. The molecule has 130 valence electrons. The highest BCUT2D eigenvalue weighted by atomic mass is 19.4. The first-order valence-corrected chi connectivity index (χ1v) is 8.01. The summed E-state index contributed by atoms with van der Waals surface area (Å²) in [7, 11) is 0. The number of nitrogens with zero attached hydrogens (tertiary/aromatic N) is 4. The summed E-state index contributed by atoms with van der Waals surface area (Å²) in [6.07, 6.45) is -1.86. The van der Waals surface area contributed by atoms with E-state index < -0.39 is 11.9 Å². The molecule has 1 fully saturated rings. The van der Waals surface area contributed by atoms with Crippen molar-refractivity contribution in [1.82, 2.24) is 15.0 Å². The number of para-hydroxylation sites is 2. The minimum atomic E-state index is -4.46. The highest BCUT2D eigenvalue weighted by Crippen LogP contribution is 2.32. The Bertz CT molecular complexity index is 852. The molecule has 0 N–H and O–H groups in total. The Kier molecular flexibility index (Phi) is 3.82. The van der Waals surface area contributed by atoms with Gasteiger partial charge in [-0.2, -0.15) is 13.2 Å². The van der Waals surface area contributed by atoms with E-state index >= 15 is 0 Å². The standard InChI is InChI=1S/C17H15F3N4O/c18-17(19,20)14-5-8-21-16(23-14)24-9-6-11(7-10-24)15-22-12-3-1-2-4-13(12)25-15/h1-5,8,11H,6-7,9-10H2. The van der Waals surface area contributed by atoms with Crippen molar-refractivity contribution >= 4 is 17.0 Å². The molecule has 25 heavy (non-hydrogen) atoms. The van der Waals surface area contributed by atoms with Crippen molar-refractivity contribution in [2.24, 2.45) is 0 Å². The van der Waals surface area contributed by atoms with Crippen molar-refractivity contribution in [3.05, 3.63) is 48.1 Å². The van der Waals surface area contributed by atoms with Crippen LogP contribution in [0.15, 0.2) is 40.9 Å². The van der Waals surface area contributed by atoms with Crippen molar-refractivity contribution in [1.29, 1.82) is 0 Å². The summed E-state index contributed by atoms with van der Waals surface area (Å²) in [5.74, 6) is 0.950. The second-order valence-electron chi connectivity index (χ2n) is 6.02. The first kappa shape index (κ1) is 15.9. The van der Waals surface area contributed by atoms with Crippen LogP contribution < -0.4 is 4.90 Å². The summed E-state index contributed by atoms with van der Waals surface area (Å²) in [5.41, 5.74) is 0.654. The van der Waals surface area contributed by atoms with Crippen LogP contribution in [0.3, 0.4) is 0 Å². The third-order valence-electron chi connectivity index (χ3n) is 4.37. The second-order valence-corrected chi connectivity index (χ2v) is 6.02. The molecule has 0 aliphatic carbocycles. The fourth-order valence-corrected chi connectivity index (χ4v) is 3.05. The highest BCUT2D eigenvalue weighted by molar-refractivity contribution is 5.72. The molecule has 3 aromatic rings. The third kappa shape index (κ3) is 3.16. The molecule has 4 rings (SSSR count). The Balaban J connectivity index is 1.48. The van der Waals surface area contributed by atoms with Gasteiger partial charge >= 0.3 is 6.18 Å². The molecule has 8 heteroatoms. The van der Waals surface area contributed by atoms with Gasteiger partial charge in [-0.15, -0.1) is 0 Å². The van der Waals surface area contributed by atoms with E-state index in [2.05, 4.69) is 15.0 Å². The minimum Gasteiger partial charge on any atom is -0.440 e. The van der Waals surface area contributed by atoms with Gasteiger partial charge < -0.3 is 9.32 Å². The van der Waals surface area contributed by atoms with Crippen LogP contribution in [0.5, 0.6) is 0 Å². The molecule has 5 nitrogen and oxygen atoms in total. The maximum atomic E-state index is 12.8. The molecule has 0 saturated carbocycles. The fraction of sp³-hybridized carbons (Fsp3) is 0.353. The predicted octanol–water partition coefficient (Wildman–Crippen LogP) is 4.02. The minimum absolute atomic E-state index is 0.117. The molecular weight excluding hydrogens is 333 g/mol. The van der Waals surface area contributed by atoms with Crippen molar-refractivity contribution < 1.29 is 17.6 Å².